The number of hydrogen-bond donors (Lipinski definition) is 6. The summed E-state index contributed by atoms with van der Waals surface area (Å²) in [5, 5.41) is 26.4. The lowest BCUT2D eigenvalue weighted by atomic mass is 10.1. The summed E-state index contributed by atoms with van der Waals surface area (Å²) in [6.07, 6.45) is 25.7. The fourth-order valence-electron chi connectivity index (χ4n) is 15.1. The number of rotatable bonds is 26. The molecule has 18 rings (SSSR count). The lowest BCUT2D eigenvalue weighted by Crippen LogP contribution is -2.47. The largest absolute Gasteiger partial charge is 0.492 e. The van der Waals surface area contributed by atoms with E-state index in [0.29, 0.717) is 61.0 Å². The number of aliphatic hydroxyl groups excluding tert-OH is 1. The van der Waals surface area contributed by atoms with Crippen molar-refractivity contribution in [3.8, 4) is 11.5 Å². The molecule has 608 valence electrons. The number of ether oxygens (including phenoxy) is 2. The molecule has 0 radical (unpaired) electrons. The summed E-state index contributed by atoms with van der Waals surface area (Å²) in [6.45, 7) is 14.2. The van der Waals surface area contributed by atoms with Crippen molar-refractivity contribution >= 4 is 76.3 Å². The molecule has 0 unspecified atom stereocenters. The van der Waals surface area contributed by atoms with Gasteiger partial charge in [0.15, 0.2) is 0 Å². The second-order valence-electron chi connectivity index (χ2n) is 29.8. The van der Waals surface area contributed by atoms with Crippen molar-refractivity contribution in [1.82, 2.24) is 85.4 Å². The predicted molar refractivity (Wildman–Crippen MR) is 463 cm³/mol. The minimum absolute atomic E-state index is 0. The van der Waals surface area contributed by atoms with Crippen LogP contribution < -0.4 is 70.4 Å². The highest BCUT2D eigenvalue weighted by atomic mass is 16.5. The molecule has 0 bridgehead atoms. The SMILES string of the molecule is C.OC[C@@H]1CCCN1c1ccc(Nc2ncnc(N3CCN(c4ncc(Cc5ccccc5)cn4)CC3)n2)cc1.c1ccc(Cc2cnc(N3CCN(c4ncnc(Nc5ccc(OC[C@@H]6CCCN6)cc5)n4)CC3)nc2)cc1.c1ccc(Cc2cnc(N3CCN(c4ncnc(Nc5ccc(OC[C@H]6CCCN6)cc5)n4)CC3)nc2)cc1. The first-order valence-corrected chi connectivity index (χ1v) is 40.6. The van der Waals surface area contributed by atoms with Gasteiger partial charge in [-0.3, -0.25) is 0 Å². The van der Waals surface area contributed by atoms with Crippen LogP contribution >= 0.6 is 0 Å². The molecule has 12 aromatic rings. The molecule has 30 heteroatoms. The standard InChI is InChI=1S/3C29H33N9O.CH4/c39-20-26-7-4-12-38(26)25-10-8-24(9-11-25)34-27-32-21-33-29(35-27)37-15-13-36(14-16-37)28-30-18-23(19-31-28)17-22-5-2-1-3-6-22;2*1-2-5-22(6-3-1)17-23-18-31-28(32-19-23)37-13-15-38(16-14-37)29-34-21-33-27(36-29)35-24-8-10-26(11-9-24)39-20-25-7-4-12-30-25;/h1-3,5-6,8-11,18-19,21,26,39H,4,7,12-17,20H2,(H,32,33,34,35);2*1-3,5-6,8-11,18-19,21,25,30H,4,7,12-17,20H2,(H,33,34,35,36);1H4/t26-;2*25-;/m010./s1. The number of benzene rings is 6. The van der Waals surface area contributed by atoms with Gasteiger partial charge in [0.25, 0.3) is 0 Å². The molecule has 0 amide bonds. The van der Waals surface area contributed by atoms with Gasteiger partial charge >= 0.3 is 0 Å². The topological polar surface area (TPSA) is 315 Å². The van der Waals surface area contributed by atoms with Crippen molar-refractivity contribution < 1.29 is 14.6 Å². The van der Waals surface area contributed by atoms with E-state index in [9.17, 15) is 5.11 Å². The first kappa shape index (κ1) is 80.3. The Kier molecular flexibility index (Phi) is 27.6. The monoisotopic (exact) mass is 1590 g/mol. The van der Waals surface area contributed by atoms with Gasteiger partial charge in [-0.25, -0.2) is 59.8 Å². The average molecular weight is 1590 g/mol. The highest BCUT2D eigenvalue weighted by molar-refractivity contribution is 5.61. The zero-order valence-corrected chi connectivity index (χ0v) is 65.7. The zero-order valence-electron chi connectivity index (χ0n) is 65.7. The summed E-state index contributed by atoms with van der Waals surface area (Å²) in [6, 6.07) is 56.2. The van der Waals surface area contributed by atoms with Crippen molar-refractivity contribution in [2.24, 2.45) is 0 Å². The summed E-state index contributed by atoms with van der Waals surface area (Å²) in [5.74, 6) is 7.53. The number of aliphatic hydroxyl groups is 1. The third-order valence-corrected chi connectivity index (χ3v) is 21.5. The normalized spacial score (nSPS) is 17.2. The second kappa shape index (κ2) is 40.6. The van der Waals surface area contributed by atoms with E-state index in [0.717, 1.165) is 199 Å². The number of nitrogens with zero attached hydrogens (tertiary/aromatic N) is 22. The van der Waals surface area contributed by atoms with E-state index in [1.165, 1.54) is 42.4 Å². The van der Waals surface area contributed by atoms with Gasteiger partial charge in [-0.05, 0) is 158 Å². The minimum atomic E-state index is 0. The first-order valence-electron chi connectivity index (χ1n) is 40.6. The van der Waals surface area contributed by atoms with Crippen molar-refractivity contribution in [1.29, 1.82) is 0 Å². The summed E-state index contributed by atoms with van der Waals surface area (Å²) >= 11 is 0. The van der Waals surface area contributed by atoms with Gasteiger partial charge in [-0.15, -0.1) is 0 Å². The molecule has 6 fully saturated rings. The molecule has 0 spiro atoms. The van der Waals surface area contributed by atoms with Crippen LogP contribution in [0, 0.1) is 0 Å². The molecule has 6 saturated heterocycles. The fourth-order valence-corrected chi connectivity index (χ4v) is 15.1. The van der Waals surface area contributed by atoms with Gasteiger partial charge in [-0.2, -0.15) is 15.0 Å². The van der Waals surface area contributed by atoms with Crippen LogP contribution in [-0.4, -0.2) is 216 Å². The van der Waals surface area contributed by atoms with Crippen LogP contribution in [0.5, 0.6) is 11.5 Å². The Morgan fingerprint density at radius 2 is 0.644 bits per heavy atom. The van der Waals surface area contributed by atoms with Gasteiger partial charge in [0.05, 0.1) is 12.6 Å². The van der Waals surface area contributed by atoms with Gasteiger partial charge < -0.3 is 75.5 Å². The van der Waals surface area contributed by atoms with Crippen molar-refractivity contribution in [2.45, 2.75) is 83.3 Å². The minimum Gasteiger partial charge on any atom is -0.492 e. The summed E-state index contributed by atoms with van der Waals surface area (Å²) < 4.78 is 11.8. The lowest BCUT2D eigenvalue weighted by Gasteiger charge is -2.34. The van der Waals surface area contributed by atoms with E-state index in [-0.39, 0.29) is 20.1 Å². The molecule has 6 N–H and O–H groups in total. The Morgan fingerprint density at radius 1 is 0.331 bits per heavy atom. The Balaban J connectivity index is 0.000000138. The number of anilines is 13. The van der Waals surface area contributed by atoms with Gasteiger partial charge in [0.1, 0.15) is 43.7 Å². The third-order valence-electron chi connectivity index (χ3n) is 21.5. The van der Waals surface area contributed by atoms with Crippen molar-refractivity contribution in [3.05, 3.63) is 253 Å². The second-order valence-corrected chi connectivity index (χ2v) is 29.8. The van der Waals surface area contributed by atoms with Crippen molar-refractivity contribution in [3.63, 3.8) is 0 Å². The molecule has 0 saturated carbocycles. The maximum Gasteiger partial charge on any atom is 0.231 e. The van der Waals surface area contributed by atoms with E-state index >= 15 is 0 Å². The molecule has 118 heavy (non-hydrogen) atoms. The smallest absolute Gasteiger partial charge is 0.231 e. The fraction of sp³-hybridized carbons (Fsp3) is 0.352. The van der Waals surface area contributed by atoms with Crippen LogP contribution in [0.15, 0.2) is 220 Å². The number of aromatic nitrogens is 15. The molecule has 0 aliphatic carbocycles. The van der Waals surface area contributed by atoms with E-state index in [1.54, 1.807) is 19.0 Å². The zero-order chi connectivity index (χ0) is 79.0. The van der Waals surface area contributed by atoms with Gasteiger partial charge in [0.2, 0.25) is 53.5 Å². The van der Waals surface area contributed by atoms with E-state index in [4.69, 9.17) is 9.47 Å². The van der Waals surface area contributed by atoms with Crippen LogP contribution in [0.2, 0.25) is 0 Å². The van der Waals surface area contributed by atoms with Crippen LogP contribution in [0.1, 0.15) is 79.3 Å². The van der Waals surface area contributed by atoms with Crippen LogP contribution in [0.4, 0.5) is 76.3 Å². The lowest BCUT2D eigenvalue weighted by molar-refractivity contribution is 0.266. The number of nitrogens with one attached hydrogen (secondary N) is 5. The predicted octanol–water partition coefficient (Wildman–Crippen LogP) is 10.8. The molecular weight excluding hydrogens is 1480 g/mol. The van der Waals surface area contributed by atoms with Crippen LogP contribution in [-0.2, 0) is 19.3 Å². The number of hydrogen-bond acceptors (Lipinski definition) is 30. The number of piperazine rings is 3. The summed E-state index contributed by atoms with van der Waals surface area (Å²) in [7, 11) is 0. The summed E-state index contributed by atoms with van der Waals surface area (Å²) in [5.41, 5.74) is 10.9. The highest BCUT2D eigenvalue weighted by Gasteiger charge is 2.28. The van der Waals surface area contributed by atoms with Gasteiger partial charge in [0, 0.05) is 176 Å². The van der Waals surface area contributed by atoms with E-state index < -0.39 is 0 Å². The molecule has 6 aromatic carbocycles. The maximum atomic E-state index is 9.62. The molecule has 6 aliphatic heterocycles. The Labute approximate surface area is 689 Å². The Morgan fingerprint density at radius 3 is 0.949 bits per heavy atom. The Hall–Kier alpha value is -12.9. The maximum absolute atomic E-state index is 9.62. The molecule has 6 aromatic heterocycles. The van der Waals surface area contributed by atoms with Crippen molar-refractivity contribution in [2.75, 3.05) is 168 Å². The van der Waals surface area contributed by atoms with E-state index in [2.05, 4.69) is 221 Å². The highest BCUT2D eigenvalue weighted by Crippen LogP contribution is 2.30. The average Bonchev–Trinajstić information content (AvgIpc) is 1.03. The van der Waals surface area contributed by atoms with E-state index in [1.807, 2.05) is 116 Å². The molecule has 3 atom stereocenters. The molecule has 30 nitrogen and oxygen atoms in total. The van der Waals surface area contributed by atoms with Crippen LogP contribution in [0.25, 0.3) is 0 Å². The Bertz CT molecular complexity index is 4780. The molecule has 6 aliphatic rings. The molecule has 12 heterocycles. The third kappa shape index (κ3) is 22.4. The van der Waals surface area contributed by atoms with Crippen LogP contribution in [0.3, 0.4) is 0 Å². The molecular formula is C88H103N27O3. The summed E-state index contributed by atoms with van der Waals surface area (Å²) in [4.78, 5) is 83.3. The van der Waals surface area contributed by atoms with Gasteiger partial charge in [-0.1, -0.05) is 98.4 Å². The first-order chi connectivity index (χ1) is 57.8. The quantitative estimate of drug-likeness (QED) is 0.0293.